The molecule has 3 nitrogen and oxygen atoms in total. The second-order valence-corrected chi connectivity index (χ2v) is 6.88. The van der Waals surface area contributed by atoms with Crippen molar-refractivity contribution in [2.45, 2.75) is 17.6 Å². The highest BCUT2D eigenvalue weighted by Gasteiger charge is 2.31. The van der Waals surface area contributed by atoms with Crippen LogP contribution in [-0.2, 0) is 22.7 Å². The van der Waals surface area contributed by atoms with Crippen molar-refractivity contribution >= 4 is 21.6 Å². The van der Waals surface area contributed by atoms with E-state index in [0.29, 0.717) is 18.2 Å². The number of rotatable bonds is 4. The Balaban J connectivity index is 2.25. The number of hydrogen-bond donors (Lipinski definition) is 1. The van der Waals surface area contributed by atoms with Crippen LogP contribution in [0.2, 0.25) is 5.02 Å². The Labute approximate surface area is 139 Å². The van der Waals surface area contributed by atoms with Crippen LogP contribution in [0, 0.1) is 11.6 Å². The predicted molar refractivity (Wildman–Crippen MR) is 76.8 cm³/mol. The molecule has 0 saturated carbocycles. The Morgan fingerprint density at radius 2 is 1.62 bits per heavy atom. The summed E-state index contributed by atoms with van der Waals surface area (Å²) < 4.78 is 90.4. The smallest absolute Gasteiger partial charge is 0.207 e. The summed E-state index contributed by atoms with van der Waals surface area (Å²) in [4.78, 5) is -0.402. The van der Waals surface area contributed by atoms with E-state index < -0.39 is 55.4 Å². The molecule has 1 N–H and O–H groups in total. The lowest BCUT2D eigenvalue weighted by Crippen LogP contribution is -2.24. The standard InChI is InChI=1S/C14H9ClF5NO2S/c15-11-6-10(2-4-13(11)17)24(22,23)21-7-8-5-9(14(18,19)20)1-3-12(8)16/h1-6,21H,7H2. The van der Waals surface area contributed by atoms with E-state index in [0.717, 1.165) is 18.2 Å². The largest absolute Gasteiger partial charge is 0.416 e. The van der Waals surface area contributed by atoms with Crippen LogP contribution >= 0.6 is 11.6 Å². The first-order valence-corrected chi connectivity index (χ1v) is 8.17. The monoisotopic (exact) mass is 385 g/mol. The van der Waals surface area contributed by atoms with Gasteiger partial charge < -0.3 is 0 Å². The average molecular weight is 386 g/mol. The zero-order chi connectivity index (χ0) is 18.1. The van der Waals surface area contributed by atoms with Gasteiger partial charge in [-0.3, -0.25) is 0 Å². The summed E-state index contributed by atoms with van der Waals surface area (Å²) in [6.07, 6.45) is -4.69. The normalized spacial score (nSPS) is 12.4. The Morgan fingerprint density at radius 1 is 1.00 bits per heavy atom. The minimum Gasteiger partial charge on any atom is -0.207 e. The predicted octanol–water partition coefficient (Wildman–Crippen LogP) is 4.12. The highest BCUT2D eigenvalue weighted by Crippen LogP contribution is 2.30. The van der Waals surface area contributed by atoms with Crippen molar-refractivity contribution in [1.29, 1.82) is 0 Å². The van der Waals surface area contributed by atoms with Gasteiger partial charge in [0, 0.05) is 12.1 Å². The molecule has 0 aliphatic carbocycles. The zero-order valence-electron chi connectivity index (χ0n) is 11.7. The molecular weight excluding hydrogens is 377 g/mol. The molecule has 0 bridgehead atoms. The van der Waals surface area contributed by atoms with E-state index in [1.165, 1.54) is 0 Å². The molecule has 0 radical (unpaired) electrons. The zero-order valence-corrected chi connectivity index (χ0v) is 13.2. The number of halogens is 6. The van der Waals surface area contributed by atoms with Crippen LogP contribution in [-0.4, -0.2) is 8.42 Å². The second-order valence-electron chi connectivity index (χ2n) is 4.70. The van der Waals surface area contributed by atoms with Gasteiger partial charge in [-0.2, -0.15) is 13.2 Å². The quantitative estimate of drug-likeness (QED) is 0.805. The lowest BCUT2D eigenvalue weighted by molar-refractivity contribution is -0.137. The van der Waals surface area contributed by atoms with E-state index in [4.69, 9.17) is 11.6 Å². The summed E-state index contributed by atoms with van der Waals surface area (Å²) in [6, 6.07) is 4.24. The molecule has 0 heterocycles. The van der Waals surface area contributed by atoms with Crippen LogP contribution in [0.1, 0.15) is 11.1 Å². The van der Waals surface area contributed by atoms with Gasteiger partial charge in [0.25, 0.3) is 0 Å². The molecule has 0 aliphatic heterocycles. The molecule has 2 rings (SSSR count). The van der Waals surface area contributed by atoms with Crippen molar-refractivity contribution in [3.05, 3.63) is 64.2 Å². The number of benzene rings is 2. The fraction of sp³-hybridized carbons (Fsp3) is 0.143. The van der Waals surface area contributed by atoms with Gasteiger partial charge in [-0.05, 0) is 36.4 Å². The summed E-state index contributed by atoms with van der Waals surface area (Å²) in [5.41, 5.74) is -1.59. The maximum Gasteiger partial charge on any atom is 0.416 e. The van der Waals surface area contributed by atoms with Gasteiger partial charge in [0.15, 0.2) is 0 Å². The first-order valence-electron chi connectivity index (χ1n) is 6.31. The third kappa shape index (κ3) is 4.22. The van der Waals surface area contributed by atoms with E-state index in [2.05, 4.69) is 0 Å². The minimum absolute atomic E-state index is 0.402. The van der Waals surface area contributed by atoms with Gasteiger partial charge in [-0.15, -0.1) is 0 Å². The first kappa shape index (κ1) is 18.6. The van der Waals surface area contributed by atoms with Crippen LogP contribution in [0.15, 0.2) is 41.3 Å². The van der Waals surface area contributed by atoms with Crippen molar-refractivity contribution in [2.75, 3.05) is 0 Å². The summed E-state index contributed by atoms with van der Waals surface area (Å²) in [5, 5.41) is -0.442. The second kappa shape index (κ2) is 6.66. The Hall–Kier alpha value is -1.71. The van der Waals surface area contributed by atoms with Gasteiger partial charge in [-0.1, -0.05) is 11.6 Å². The minimum atomic E-state index is -4.69. The van der Waals surface area contributed by atoms with E-state index in [1.807, 2.05) is 4.72 Å². The third-order valence-corrected chi connectivity index (χ3v) is 4.72. The van der Waals surface area contributed by atoms with Gasteiger partial charge in [-0.25, -0.2) is 21.9 Å². The van der Waals surface area contributed by atoms with E-state index in [9.17, 15) is 30.4 Å². The third-order valence-electron chi connectivity index (χ3n) is 3.03. The Kier molecular flexibility index (Phi) is 5.17. The SMILES string of the molecule is O=S(=O)(NCc1cc(C(F)(F)F)ccc1F)c1ccc(F)c(Cl)c1. The van der Waals surface area contributed by atoms with Crippen molar-refractivity contribution in [3.63, 3.8) is 0 Å². The van der Waals surface area contributed by atoms with Gasteiger partial charge in [0.1, 0.15) is 11.6 Å². The fourth-order valence-electron chi connectivity index (χ4n) is 1.79. The molecule has 0 aromatic heterocycles. The van der Waals surface area contributed by atoms with Crippen LogP contribution in [0.3, 0.4) is 0 Å². The summed E-state index contributed by atoms with van der Waals surface area (Å²) in [5.74, 6) is -1.83. The van der Waals surface area contributed by atoms with E-state index in [-0.39, 0.29) is 0 Å². The fourth-order valence-corrected chi connectivity index (χ4v) is 3.06. The lowest BCUT2D eigenvalue weighted by Gasteiger charge is -2.11. The summed E-state index contributed by atoms with van der Waals surface area (Å²) in [7, 11) is -4.21. The highest BCUT2D eigenvalue weighted by atomic mass is 35.5. The Morgan fingerprint density at radius 3 is 2.21 bits per heavy atom. The number of sulfonamides is 1. The maximum absolute atomic E-state index is 13.6. The van der Waals surface area contributed by atoms with Crippen molar-refractivity contribution < 1.29 is 30.4 Å². The number of nitrogens with one attached hydrogen (secondary N) is 1. The molecule has 0 spiro atoms. The van der Waals surface area contributed by atoms with Gasteiger partial charge in [0.05, 0.1) is 15.5 Å². The van der Waals surface area contributed by atoms with Crippen LogP contribution < -0.4 is 4.72 Å². The van der Waals surface area contributed by atoms with E-state index >= 15 is 0 Å². The van der Waals surface area contributed by atoms with Crippen molar-refractivity contribution in [1.82, 2.24) is 4.72 Å². The van der Waals surface area contributed by atoms with Crippen molar-refractivity contribution in [2.24, 2.45) is 0 Å². The molecular formula is C14H9ClF5NO2S. The summed E-state index contributed by atoms with van der Waals surface area (Å²) >= 11 is 5.48. The molecule has 0 saturated heterocycles. The van der Waals surface area contributed by atoms with E-state index in [1.54, 1.807) is 0 Å². The van der Waals surface area contributed by atoms with Crippen LogP contribution in [0.25, 0.3) is 0 Å². The van der Waals surface area contributed by atoms with Gasteiger partial charge in [0.2, 0.25) is 10.0 Å². The topological polar surface area (TPSA) is 46.2 Å². The molecule has 2 aromatic carbocycles. The molecule has 0 fully saturated rings. The van der Waals surface area contributed by atoms with Crippen molar-refractivity contribution in [3.8, 4) is 0 Å². The average Bonchev–Trinajstić information content (AvgIpc) is 2.48. The highest BCUT2D eigenvalue weighted by molar-refractivity contribution is 7.89. The van der Waals surface area contributed by atoms with Crippen LogP contribution in [0.5, 0.6) is 0 Å². The maximum atomic E-state index is 13.6. The Bertz CT molecular complexity index is 868. The number of alkyl halides is 3. The van der Waals surface area contributed by atoms with Crippen LogP contribution in [0.4, 0.5) is 22.0 Å². The lowest BCUT2D eigenvalue weighted by atomic mass is 10.1. The molecule has 0 unspecified atom stereocenters. The molecule has 130 valence electrons. The molecule has 0 atom stereocenters. The molecule has 10 heteroatoms. The van der Waals surface area contributed by atoms with Gasteiger partial charge >= 0.3 is 6.18 Å². The molecule has 0 amide bonds. The number of hydrogen-bond acceptors (Lipinski definition) is 2. The summed E-state index contributed by atoms with van der Waals surface area (Å²) in [6.45, 7) is -0.715. The molecule has 0 aliphatic rings. The molecule has 24 heavy (non-hydrogen) atoms. The molecule has 2 aromatic rings. The first-order chi connectivity index (χ1) is 11.0.